The monoisotopic (exact) mass is 596 g/mol. The fraction of sp³-hybridized carbons (Fsp3) is 0. The van der Waals surface area contributed by atoms with Crippen molar-refractivity contribution in [2.45, 2.75) is 0 Å². The van der Waals surface area contributed by atoms with E-state index in [9.17, 15) is 2.74 Å². The fourth-order valence-electron chi connectivity index (χ4n) is 6.61. The van der Waals surface area contributed by atoms with Gasteiger partial charge < -0.3 is 0 Å². The fourth-order valence-corrected chi connectivity index (χ4v) is 6.61. The van der Waals surface area contributed by atoms with Gasteiger partial charge in [-0.15, -0.1) is 0 Å². The lowest BCUT2D eigenvalue weighted by Gasteiger charge is -2.19. The molecule has 9 aromatic rings. The van der Waals surface area contributed by atoms with E-state index in [1.807, 2.05) is 60.7 Å². The molecule has 0 aromatic heterocycles. The summed E-state index contributed by atoms with van der Waals surface area (Å²) in [4.78, 5) is 0. The van der Waals surface area contributed by atoms with Crippen LogP contribution in [0.25, 0.3) is 87.6 Å². The zero-order chi connectivity index (χ0) is 42.6. The van der Waals surface area contributed by atoms with Crippen LogP contribution >= 0.6 is 0 Å². The highest BCUT2D eigenvalue weighted by Crippen LogP contribution is 2.46. The molecule has 0 nitrogen and oxygen atoms in total. The Labute approximate surface area is 288 Å². The number of hydrogen-bond acceptors (Lipinski definition) is 0. The van der Waals surface area contributed by atoms with Gasteiger partial charge in [0.2, 0.25) is 0 Å². The van der Waals surface area contributed by atoms with Crippen LogP contribution in [0.5, 0.6) is 0 Å². The van der Waals surface area contributed by atoms with Crippen molar-refractivity contribution < 1.29 is 19.2 Å². The molecule has 0 heteroatoms. The van der Waals surface area contributed by atoms with E-state index in [0.29, 0.717) is 32.8 Å². The Hall–Kier alpha value is -5.98. The second-order valence-electron chi connectivity index (χ2n) is 11.0. The van der Waals surface area contributed by atoms with Crippen LogP contribution in [0.15, 0.2) is 182 Å². The molecule has 0 saturated carbocycles. The average Bonchev–Trinajstić information content (AvgIpc) is 3.26. The third-order valence-corrected chi connectivity index (χ3v) is 8.56. The third-order valence-electron chi connectivity index (χ3n) is 8.56. The first-order chi connectivity index (χ1) is 28.6. The summed E-state index contributed by atoms with van der Waals surface area (Å²) in [5, 5.41) is 4.15. The molecule has 0 N–H and O–H groups in total. The predicted molar refractivity (Wildman–Crippen MR) is 198 cm³/mol. The number of hydrogen-bond donors (Lipinski definition) is 0. The van der Waals surface area contributed by atoms with Crippen LogP contribution in [0.1, 0.15) is 19.2 Å². The standard InChI is InChI=1S/C46H30/c1-3-14-31(15-4-1)35-23-11-18-32-28-29-34(30-44(32)35)36-24-12-26-38-37(36)25-13-27-39(38)46-42-21-9-7-19-40(42)45(33-16-5-2-6-17-33)41-20-8-10-22-43(41)46/h1-30H/i1D,2D,3D,4D,5D,6D,7D,9D,14D,15D,16D,17D,19D,21D. The van der Waals surface area contributed by atoms with Gasteiger partial charge in [0, 0.05) is 0 Å². The Bertz CT molecular complexity index is 3320. The van der Waals surface area contributed by atoms with E-state index in [-0.39, 0.29) is 45.6 Å². The van der Waals surface area contributed by atoms with Gasteiger partial charge in [0.1, 0.15) is 0 Å². The molecule has 9 aromatic carbocycles. The van der Waals surface area contributed by atoms with E-state index in [2.05, 4.69) is 0 Å². The second kappa shape index (κ2) is 10.9. The predicted octanol–water partition coefficient (Wildman–Crippen LogP) is 13.0. The molecule has 46 heavy (non-hydrogen) atoms. The molecular weight excluding hydrogens is 553 g/mol. The summed E-state index contributed by atoms with van der Waals surface area (Å²) >= 11 is 0. The van der Waals surface area contributed by atoms with Crippen LogP contribution in [0.4, 0.5) is 0 Å². The van der Waals surface area contributed by atoms with Crippen molar-refractivity contribution in [3.8, 4) is 44.5 Å². The van der Waals surface area contributed by atoms with E-state index in [1.54, 1.807) is 36.4 Å². The van der Waals surface area contributed by atoms with Gasteiger partial charge in [-0.25, -0.2) is 0 Å². The van der Waals surface area contributed by atoms with Gasteiger partial charge in [-0.1, -0.05) is 176 Å². The molecule has 0 fully saturated rings. The van der Waals surface area contributed by atoms with E-state index in [0.717, 1.165) is 27.3 Å². The van der Waals surface area contributed by atoms with E-state index < -0.39 is 66.5 Å². The Balaban J connectivity index is 1.37. The molecule has 214 valence electrons. The topological polar surface area (TPSA) is 0 Å². The highest BCUT2D eigenvalue weighted by molar-refractivity contribution is 6.24. The Morgan fingerprint density at radius 3 is 1.54 bits per heavy atom. The highest BCUT2D eigenvalue weighted by atomic mass is 14.2. The zero-order valence-electron chi connectivity index (χ0n) is 38.2. The van der Waals surface area contributed by atoms with Crippen LogP contribution < -0.4 is 0 Å². The Morgan fingerprint density at radius 2 is 0.826 bits per heavy atom. The van der Waals surface area contributed by atoms with E-state index >= 15 is 0 Å². The minimum absolute atomic E-state index is 0.0242. The normalized spacial score (nSPS) is 15.7. The maximum atomic E-state index is 9.35. The van der Waals surface area contributed by atoms with Crippen molar-refractivity contribution >= 4 is 43.1 Å². The molecule has 0 unspecified atom stereocenters. The molecule has 0 aliphatic carbocycles. The maximum Gasteiger partial charge on any atom is 0.0629 e. The molecule has 0 bridgehead atoms. The maximum absolute atomic E-state index is 9.35. The summed E-state index contributed by atoms with van der Waals surface area (Å²) in [6.45, 7) is 0. The minimum atomic E-state index is -0.579. The minimum Gasteiger partial charge on any atom is -0.0622 e. The summed E-state index contributed by atoms with van der Waals surface area (Å²) in [6.07, 6.45) is 0. The van der Waals surface area contributed by atoms with Gasteiger partial charge in [-0.3, -0.25) is 0 Å². The van der Waals surface area contributed by atoms with Crippen LogP contribution in [-0.2, 0) is 0 Å². The number of fused-ring (bicyclic) bond motifs is 4. The number of rotatable bonds is 4. The largest absolute Gasteiger partial charge is 0.0629 e. The molecule has 0 aliphatic heterocycles. The highest BCUT2D eigenvalue weighted by Gasteiger charge is 2.18. The van der Waals surface area contributed by atoms with Gasteiger partial charge in [-0.2, -0.15) is 0 Å². The summed E-state index contributed by atoms with van der Waals surface area (Å²) < 4.78 is 121. The lowest BCUT2D eigenvalue weighted by atomic mass is 9.84. The van der Waals surface area contributed by atoms with Crippen molar-refractivity contribution in [2.75, 3.05) is 0 Å². The molecule has 0 atom stereocenters. The van der Waals surface area contributed by atoms with Crippen molar-refractivity contribution in [2.24, 2.45) is 0 Å². The van der Waals surface area contributed by atoms with Crippen LogP contribution in [0, 0.1) is 0 Å². The Kier molecular flexibility index (Phi) is 3.74. The first-order valence-electron chi connectivity index (χ1n) is 21.8. The molecule has 0 aliphatic rings. The zero-order valence-corrected chi connectivity index (χ0v) is 24.2. The molecule has 0 saturated heterocycles. The van der Waals surface area contributed by atoms with Crippen molar-refractivity contribution in [3.63, 3.8) is 0 Å². The molecule has 9 rings (SSSR count). The summed E-state index contributed by atoms with van der Waals surface area (Å²) in [7, 11) is 0. The van der Waals surface area contributed by atoms with Crippen LogP contribution in [0.2, 0.25) is 0 Å². The first-order valence-corrected chi connectivity index (χ1v) is 14.8. The lowest BCUT2D eigenvalue weighted by Crippen LogP contribution is -1.92. The summed E-state index contributed by atoms with van der Waals surface area (Å²) in [5.74, 6) is 0. The van der Waals surface area contributed by atoms with Crippen LogP contribution in [0.3, 0.4) is 0 Å². The Morgan fingerprint density at radius 1 is 0.304 bits per heavy atom. The van der Waals surface area contributed by atoms with Crippen molar-refractivity contribution in [3.05, 3.63) is 182 Å². The number of benzene rings is 9. The van der Waals surface area contributed by atoms with Crippen molar-refractivity contribution in [1.29, 1.82) is 0 Å². The van der Waals surface area contributed by atoms with E-state index in [1.165, 1.54) is 0 Å². The summed E-state index contributed by atoms with van der Waals surface area (Å²) in [6, 6.07) is 23.3. The van der Waals surface area contributed by atoms with Gasteiger partial charge in [0.05, 0.1) is 19.2 Å². The van der Waals surface area contributed by atoms with Gasteiger partial charge in [0.15, 0.2) is 0 Å². The van der Waals surface area contributed by atoms with Gasteiger partial charge in [0.25, 0.3) is 0 Å². The smallest absolute Gasteiger partial charge is 0.0622 e. The molecular formula is C46H30. The third kappa shape index (κ3) is 4.23. The van der Waals surface area contributed by atoms with Crippen molar-refractivity contribution in [1.82, 2.24) is 0 Å². The SMILES string of the molecule is [2H]c1c([2H])c([2H])c(-c2cccc3ccc(-c4cccc5c(-c6c7ccccc7c(-c7c([2H])c([2H])c([2H])c([2H])c7[2H])c7c([2H])c([2H])c([2H])c([2H])c67)cccc45)cc23)c([2H])c1[2H]. The molecule has 0 radical (unpaired) electrons. The average molecular weight is 597 g/mol. The first kappa shape index (κ1) is 15.8. The second-order valence-corrected chi connectivity index (χ2v) is 11.0. The quantitative estimate of drug-likeness (QED) is 0.177. The molecule has 0 heterocycles. The molecule has 0 spiro atoms. The van der Waals surface area contributed by atoms with Gasteiger partial charge in [-0.05, 0) is 93.7 Å². The van der Waals surface area contributed by atoms with Crippen LogP contribution in [-0.4, -0.2) is 0 Å². The summed E-state index contributed by atoms with van der Waals surface area (Å²) in [5.41, 5.74) is 3.22. The lowest BCUT2D eigenvalue weighted by molar-refractivity contribution is 1.64. The van der Waals surface area contributed by atoms with Gasteiger partial charge >= 0.3 is 0 Å². The molecule has 0 amide bonds. The van der Waals surface area contributed by atoms with E-state index in [4.69, 9.17) is 16.4 Å².